The molecule has 0 spiro atoms. The molecule has 0 amide bonds. The van der Waals surface area contributed by atoms with Gasteiger partial charge in [-0.25, -0.2) is 9.67 Å². The van der Waals surface area contributed by atoms with E-state index in [1.165, 1.54) is 6.33 Å². The topological polar surface area (TPSA) is 71.2 Å². The van der Waals surface area contributed by atoms with Crippen molar-refractivity contribution in [1.82, 2.24) is 19.7 Å². The Morgan fingerprint density at radius 1 is 1.50 bits per heavy atom. The molecule has 7 heteroatoms. The van der Waals surface area contributed by atoms with Crippen molar-refractivity contribution < 1.29 is 9.90 Å². The van der Waals surface area contributed by atoms with Crippen LogP contribution in [0.3, 0.4) is 0 Å². The van der Waals surface area contributed by atoms with E-state index in [2.05, 4.69) is 10.1 Å². The molecule has 116 valence electrons. The molecule has 1 aromatic carbocycles. The molecule has 0 unspecified atom stereocenters. The number of aliphatic carboxylic acids is 1. The Labute approximate surface area is 133 Å². The lowest BCUT2D eigenvalue weighted by Gasteiger charge is -2.31. The molecule has 6 nitrogen and oxygen atoms in total. The first-order valence-corrected chi connectivity index (χ1v) is 7.50. The predicted molar refractivity (Wildman–Crippen MR) is 82.1 cm³/mol. The number of nitrogens with zero attached hydrogens (tertiary/aromatic N) is 4. The van der Waals surface area contributed by atoms with E-state index in [-0.39, 0.29) is 0 Å². The summed E-state index contributed by atoms with van der Waals surface area (Å²) in [6, 6.07) is 5.55. The molecule has 3 rings (SSSR count). The van der Waals surface area contributed by atoms with Crippen molar-refractivity contribution in [3.05, 3.63) is 41.4 Å². The number of benzene rings is 1. The standard InChI is InChI=1S/C15H17ClN4O2/c1-15(14(21)22)5-2-6-19(15)8-11-3-4-12(16)7-13(11)20-10-17-9-18-20/h3-4,7,9-10H,2,5-6,8H2,1H3,(H,21,22)/t15-/m0/s1. The summed E-state index contributed by atoms with van der Waals surface area (Å²) in [6.45, 7) is 3.09. The van der Waals surface area contributed by atoms with Gasteiger partial charge in [-0.1, -0.05) is 17.7 Å². The summed E-state index contributed by atoms with van der Waals surface area (Å²) >= 11 is 6.09. The van der Waals surface area contributed by atoms with Crippen LogP contribution in [-0.4, -0.2) is 42.8 Å². The van der Waals surface area contributed by atoms with Gasteiger partial charge in [0.1, 0.15) is 18.2 Å². The minimum atomic E-state index is -0.820. The van der Waals surface area contributed by atoms with Gasteiger partial charge in [0, 0.05) is 11.6 Å². The summed E-state index contributed by atoms with van der Waals surface area (Å²) < 4.78 is 1.65. The van der Waals surface area contributed by atoms with E-state index in [0.717, 1.165) is 24.2 Å². The summed E-state index contributed by atoms with van der Waals surface area (Å²) in [4.78, 5) is 17.6. The predicted octanol–water partition coefficient (Wildman–Crippen LogP) is 2.36. The van der Waals surface area contributed by atoms with Crippen LogP contribution in [0.5, 0.6) is 0 Å². The zero-order valence-corrected chi connectivity index (χ0v) is 13.0. The Morgan fingerprint density at radius 3 is 3.00 bits per heavy atom. The monoisotopic (exact) mass is 320 g/mol. The minimum Gasteiger partial charge on any atom is -0.480 e. The highest BCUT2D eigenvalue weighted by Crippen LogP contribution is 2.32. The van der Waals surface area contributed by atoms with Crippen LogP contribution in [0.25, 0.3) is 5.69 Å². The van der Waals surface area contributed by atoms with E-state index < -0.39 is 11.5 Å². The van der Waals surface area contributed by atoms with Crippen LogP contribution >= 0.6 is 11.6 Å². The number of likely N-dealkylation sites (tertiary alicyclic amines) is 1. The zero-order valence-electron chi connectivity index (χ0n) is 12.2. The largest absolute Gasteiger partial charge is 0.480 e. The van der Waals surface area contributed by atoms with Gasteiger partial charge in [0.2, 0.25) is 0 Å². The molecule has 1 N–H and O–H groups in total. The van der Waals surface area contributed by atoms with E-state index in [1.54, 1.807) is 17.9 Å². The van der Waals surface area contributed by atoms with Gasteiger partial charge in [-0.05, 0) is 44.0 Å². The summed E-state index contributed by atoms with van der Waals surface area (Å²) in [5.41, 5.74) is 0.980. The van der Waals surface area contributed by atoms with Gasteiger partial charge in [0.25, 0.3) is 0 Å². The highest BCUT2D eigenvalue weighted by atomic mass is 35.5. The van der Waals surface area contributed by atoms with Gasteiger partial charge in [-0.3, -0.25) is 9.69 Å². The molecule has 1 saturated heterocycles. The number of halogens is 1. The molecule has 0 radical (unpaired) electrons. The van der Waals surface area contributed by atoms with Gasteiger partial charge in [-0.15, -0.1) is 0 Å². The molecule has 1 aliphatic heterocycles. The van der Waals surface area contributed by atoms with Crippen LogP contribution < -0.4 is 0 Å². The van der Waals surface area contributed by atoms with E-state index in [9.17, 15) is 9.90 Å². The number of aromatic nitrogens is 3. The second-order valence-corrected chi connectivity index (χ2v) is 6.15. The third kappa shape index (κ3) is 2.60. The van der Waals surface area contributed by atoms with Crippen LogP contribution in [0.2, 0.25) is 5.02 Å². The fourth-order valence-electron chi connectivity index (χ4n) is 2.94. The van der Waals surface area contributed by atoms with Crippen molar-refractivity contribution in [2.45, 2.75) is 31.8 Å². The highest BCUT2D eigenvalue weighted by molar-refractivity contribution is 6.30. The average molecular weight is 321 g/mol. The Morgan fingerprint density at radius 2 is 2.32 bits per heavy atom. The minimum absolute atomic E-state index is 0.537. The van der Waals surface area contributed by atoms with Gasteiger partial charge >= 0.3 is 5.97 Å². The Balaban J connectivity index is 1.95. The number of carboxylic acids is 1. The first-order chi connectivity index (χ1) is 10.5. The van der Waals surface area contributed by atoms with Crippen LogP contribution in [-0.2, 0) is 11.3 Å². The number of carboxylic acid groups (broad SMARTS) is 1. The van der Waals surface area contributed by atoms with Crippen LogP contribution in [0, 0.1) is 0 Å². The van der Waals surface area contributed by atoms with Crippen molar-refractivity contribution in [3.63, 3.8) is 0 Å². The first-order valence-electron chi connectivity index (χ1n) is 7.12. The SMILES string of the molecule is C[C@@]1(C(=O)O)CCCN1Cc1ccc(Cl)cc1-n1cncn1. The second-order valence-electron chi connectivity index (χ2n) is 5.72. The number of carbonyl (C=O) groups is 1. The van der Waals surface area contributed by atoms with Gasteiger partial charge in [-0.2, -0.15) is 5.10 Å². The average Bonchev–Trinajstić information content (AvgIpc) is 3.12. The molecule has 1 aliphatic rings. The summed E-state index contributed by atoms with van der Waals surface area (Å²) in [7, 11) is 0. The molecule has 1 aromatic heterocycles. The zero-order chi connectivity index (χ0) is 15.7. The first kappa shape index (κ1) is 15.0. The molecular formula is C15H17ClN4O2. The molecule has 1 fully saturated rings. The molecule has 2 aromatic rings. The molecule has 0 saturated carbocycles. The third-order valence-corrected chi connectivity index (χ3v) is 4.56. The molecule has 2 heterocycles. The number of hydrogen-bond acceptors (Lipinski definition) is 4. The smallest absolute Gasteiger partial charge is 0.323 e. The van der Waals surface area contributed by atoms with Crippen molar-refractivity contribution >= 4 is 17.6 Å². The molecular weight excluding hydrogens is 304 g/mol. The van der Waals surface area contributed by atoms with Crippen molar-refractivity contribution in [3.8, 4) is 5.69 Å². The van der Waals surface area contributed by atoms with Crippen molar-refractivity contribution in [2.75, 3.05) is 6.54 Å². The summed E-state index contributed by atoms with van der Waals surface area (Å²) in [5.74, 6) is -0.777. The Kier molecular flexibility index (Phi) is 3.88. The molecule has 0 aliphatic carbocycles. The Bertz CT molecular complexity index is 689. The van der Waals surface area contributed by atoms with Crippen LogP contribution in [0.4, 0.5) is 0 Å². The third-order valence-electron chi connectivity index (χ3n) is 4.32. The second kappa shape index (κ2) is 5.70. The molecule has 1 atom stereocenters. The highest BCUT2D eigenvalue weighted by Gasteiger charge is 2.43. The lowest BCUT2D eigenvalue weighted by Crippen LogP contribution is -2.47. The van der Waals surface area contributed by atoms with Gasteiger partial charge < -0.3 is 5.11 Å². The number of rotatable bonds is 4. The van der Waals surface area contributed by atoms with Gasteiger partial charge in [0.05, 0.1) is 5.69 Å². The lowest BCUT2D eigenvalue weighted by molar-refractivity contribution is -0.148. The van der Waals surface area contributed by atoms with Crippen LogP contribution in [0.1, 0.15) is 25.3 Å². The van der Waals surface area contributed by atoms with E-state index in [1.807, 2.05) is 23.1 Å². The fraction of sp³-hybridized carbons (Fsp3) is 0.400. The summed E-state index contributed by atoms with van der Waals surface area (Å²) in [6.07, 6.45) is 4.61. The number of hydrogen-bond donors (Lipinski definition) is 1. The van der Waals surface area contributed by atoms with Crippen molar-refractivity contribution in [2.24, 2.45) is 0 Å². The van der Waals surface area contributed by atoms with Gasteiger partial charge in [0.15, 0.2) is 0 Å². The Hall–Kier alpha value is -1.92. The van der Waals surface area contributed by atoms with E-state index in [0.29, 0.717) is 18.0 Å². The maximum atomic E-state index is 11.6. The summed E-state index contributed by atoms with van der Waals surface area (Å²) in [5, 5.41) is 14.3. The van der Waals surface area contributed by atoms with Crippen molar-refractivity contribution in [1.29, 1.82) is 0 Å². The maximum Gasteiger partial charge on any atom is 0.323 e. The maximum absolute atomic E-state index is 11.6. The fourth-order valence-corrected chi connectivity index (χ4v) is 3.10. The van der Waals surface area contributed by atoms with E-state index >= 15 is 0 Å². The quantitative estimate of drug-likeness (QED) is 0.936. The molecule has 22 heavy (non-hydrogen) atoms. The van der Waals surface area contributed by atoms with Crippen LogP contribution in [0.15, 0.2) is 30.9 Å². The molecule has 0 bridgehead atoms. The normalized spacial score (nSPS) is 22.1. The van der Waals surface area contributed by atoms with E-state index in [4.69, 9.17) is 11.6 Å². The lowest BCUT2D eigenvalue weighted by atomic mass is 9.98.